The van der Waals surface area contributed by atoms with Crippen LogP contribution in [0.15, 0.2) is 18.2 Å². The topological polar surface area (TPSA) is 43.1 Å². The lowest BCUT2D eigenvalue weighted by atomic mass is 10.2. The largest absolute Gasteiger partial charge is 0.399 e. The van der Waals surface area contributed by atoms with Crippen molar-refractivity contribution < 1.29 is 4.79 Å². The third kappa shape index (κ3) is 2.81. The van der Waals surface area contributed by atoms with Crippen molar-refractivity contribution >= 4 is 23.6 Å². The summed E-state index contributed by atoms with van der Waals surface area (Å²) in [6.45, 7) is 0. The van der Waals surface area contributed by atoms with Crippen LogP contribution in [0.4, 0.5) is 5.69 Å². The number of halogens is 1. The first-order valence-corrected chi connectivity index (χ1v) is 4.09. The Labute approximate surface area is 81.7 Å². The van der Waals surface area contributed by atoms with E-state index in [4.69, 9.17) is 17.3 Å². The maximum atomic E-state index is 9.99. The van der Waals surface area contributed by atoms with E-state index in [1.807, 2.05) is 0 Å². The van der Waals surface area contributed by atoms with Gasteiger partial charge in [-0.3, -0.25) is 0 Å². The Hall–Kier alpha value is -1.46. The molecule has 2 N–H and O–H groups in total. The average Bonchev–Trinajstić information content (AvgIpc) is 2.11. The quantitative estimate of drug-likeness (QED) is 0.420. The minimum atomic E-state index is 0.213. The van der Waals surface area contributed by atoms with Gasteiger partial charge in [0.2, 0.25) is 0 Å². The van der Waals surface area contributed by atoms with E-state index in [1.165, 1.54) is 0 Å². The molecule has 0 unspecified atom stereocenters. The number of rotatable bonds is 1. The van der Waals surface area contributed by atoms with Crippen molar-refractivity contribution in [1.29, 1.82) is 0 Å². The molecule has 0 aliphatic heterocycles. The fraction of sp³-hybridized carbons (Fsp3) is 0.100. The van der Waals surface area contributed by atoms with Crippen LogP contribution in [-0.2, 0) is 4.79 Å². The number of carbonyl (C=O) groups is 1. The van der Waals surface area contributed by atoms with E-state index in [-0.39, 0.29) is 6.42 Å². The standard InChI is InChI=1S/C10H8ClNO/c11-10-5-4-9(12)7-8(10)3-1-2-6-13/h4-7H,2,12H2. The number of nitrogen functional groups attached to an aromatic ring is 1. The summed E-state index contributed by atoms with van der Waals surface area (Å²) in [4.78, 5) is 9.99. The van der Waals surface area contributed by atoms with E-state index >= 15 is 0 Å². The molecule has 0 saturated heterocycles. The molecular weight excluding hydrogens is 186 g/mol. The normalized spacial score (nSPS) is 8.69. The average molecular weight is 194 g/mol. The summed E-state index contributed by atoms with van der Waals surface area (Å²) in [7, 11) is 0. The van der Waals surface area contributed by atoms with Gasteiger partial charge in [-0.15, -0.1) is 0 Å². The molecule has 0 amide bonds. The van der Waals surface area contributed by atoms with Crippen molar-refractivity contribution in [3.8, 4) is 11.8 Å². The van der Waals surface area contributed by atoms with E-state index in [0.717, 1.165) is 6.29 Å². The number of nitrogens with two attached hydrogens (primary N) is 1. The first-order valence-electron chi connectivity index (χ1n) is 3.71. The number of aldehydes is 1. The molecule has 3 heteroatoms. The van der Waals surface area contributed by atoms with Crippen LogP contribution in [0, 0.1) is 11.8 Å². The highest BCUT2D eigenvalue weighted by molar-refractivity contribution is 6.31. The van der Waals surface area contributed by atoms with Gasteiger partial charge in [0, 0.05) is 11.3 Å². The Kier molecular flexibility index (Phi) is 3.36. The zero-order chi connectivity index (χ0) is 9.68. The van der Waals surface area contributed by atoms with Crippen molar-refractivity contribution in [2.75, 3.05) is 5.73 Å². The lowest BCUT2D eigenvalue weighted by molar-refractivity contribution is -0.107. The maximum Gasteiger partial charge on any atom is 0.131 e. The molecule has 1 aromatic rings. The Balaban J connectivity index is 2.95. The van der Waals surface area contributed by atoms with Crippen LogP contribution in [0.3, 0.4) is 0 Å². The van der Waals surface area contributed by atoms with Gasteiger partial charge in [-0.05, 0) is 18.2 Å². The summed E-state index contributed by atoms with van der Waals surface area (Å²) < 4.78 is 0. The van der Waals surface area contributed by atoms with Crippen LogP contribution in [0.25, 0.3) is 0 Å². The minimum Gasteiger partial charge on any atom is -0.399 e. The molecule has 0 saturated carbocycles. The molecule has 0 aliphatic carbocycles. The summed E-state index contributed by atoms with van der Waals surface area (Å²) >= 11 is 5.83. The molecule has 0 heterocycles. The zero-order valence-electron chi connectivity index (χ0n) is 6.88. The summed E-state index contributed by atoms with van der Waals surface area (Å²) in [5, 5.41) is 0.549. The third-order valence-corrected chi connectivity index (χ3v) is 1.73. The van der Waals surface area contributed by atoms with E-state index < -0.39 is 0 Å². The van der Waals surface area contributed by atoms with Crippen LogP contribution in [-0.4, -0.2) is 6.29 Å². The van der Waals surface area contributed by atoms with Crippen molar-refractivity contribution in [1.82, 2.24) is 0 Å². The highest BCUT2D eigenvalue weighted by atomic mass is 35.5. The second-order valence-electron chi connectivity index (χ2n) is 2.41. The molecule has 2 nitrogen and oxygen atoms in total. The van der Waals surface area contributed by atoms with Crippen LogP contribution in [0.2, 0.25) is 5.02 Å². The van der Waals surface area contributed by atoms with Gasteiger partial charge < -0.3 is 10.5 Å². The fourth-order valence-electron chi connectivity index (χ4n) is 0.827. The molecule has 0 bridgehead atoms. The lowest BCUT2D eigenvalue weighted by Gasteiger charge is -1.96. The Morgan fingerprint density at radius 1 is 1.54 bits per heavy atom. The minimum absolute atomic E-state index is 0.213. The first-order chi connectivity index (χ1) is 6.24. The second kappa shape index (κ2) is 4.54. The van der Waals surface area contributed by atoms with Gasteiger partial charge in [0.15, 0.2) is 0 Å². The monoisotopic (exact) mass is 193 g/mol. The number of anilines is 1. The molecule has 0 radical (unpaired) electrons. The highest BCUT2D eigenvalue weighted by Crippen LogP contribution is 2.17. The number of benzene rings is 1. The molecule has 0 spiro atoms. The van der Waals surface area contributed by atoms with E-state index in [0.29, 0.717) is 16.3 Å². The Bertz CT molecular complexity index is 376. The van der Waals surface area contributed by atoms with Crippen molar-refractivity contribution in [2.45, 2.75) is 6.42 Å². The van der Waals surface area contributed by atoms with Gasteiger partial charge in [0.05, 0.1) is 11.4 Å². The van der Waals surface area contributed by atoms with Crippen LogP contribution in [0.1, 0.15) is 12.0 Å². The summed E-state index contributed by atoms with van der Waals surface area (Å²) in [5.74, 6) is 5.42. The van der Waals surface area contributed by atoms with E-state index in [1.54, 1.807) is 18.2 Å². The van der Waals surface area contributed by atoms with Gasteiger partial charge in [-0.25, -0.2) is 0 Å². The predicted octanol–water partition coefficient (Wildman–Crippen LogP) is 1.86. The third-order valence-electron chi connectivity index (χ3n) is 1.40. The molecule has 0 aliphatic rings. The summed E-state index contributed by atoms with van der Waals surface area (Å²) in [6, 6.07) is 5.06. The fourth-order valence-corrected chi connectivity index (χ4v) is 0.991. The number of hydrogen-bond acceptors (Lipinski definition) is 2. The van der Waals surface area contributed by atoms with Crippen molar-refractivity contribution in [2.24, 2.45) is 0 Å². The molecule has 1 aromatic carbocycles. The van der Waals surface area contributed by atoms with E-state index in [9.17, 15) is 4.79 Å². The van der Waals surface area contributed by atoms with Crippen LogP contribution < -0.4 is 5.73 Å². The molecule has 0 atom stereocenters. The Morgan fingerprint density at radius 3 is 3.00 bits per heavy atom. The molecule has 66 valence electrons. The second-order valence-corrected chi connectivity index (χ2v) is 2.82. The van der Waals surface area contributed by atoms with Gasteiger partial charge >= 0.3 is 0 Å². The van der Waals surface area contributed by atoms with Gasteiger partial charge in [-0.2, -0.15) is 0 Å². The zero-order valence-corrected chi connectivity index (χ0v) is 7.64. The maximum absolute atomic E-state index is 9.99. The van der Waals surface area contributed by atoms with Gasteiger partial charge in [0.1, 0.15) is 6.29 Å². The van der Waals surface area contributed by atoms with Crippen molar-refractivity contribution in [3.63, 3.8) is 0 Å². The first kappa shape index (κ1) is 9.63. The van der Waals surface area contributed by atoms with Gasteiger partial charge in [0.25, 0.3) is 0 Å². The molecule has 0 aromatic heterocycles. The predicted molar refractivity (Wildman–Crippen MR) is 53.4 cm³/mol. The molecule has 0 fully saturated rings. The highest BCUT2D eigenvalue weighted by Gasteiger charge is 1.95. The smallest absolute Gasteiger partial charge is 0.131 e. The van der Waals surface area contributed by atoms with Crippen molar-refractivity contribution in [3.05, 3.63) is 28.8 Å². The van der Waals surface area contributed by atoms with Crippen LogP contribution in [0.5, 0.6) is 0 Å². The Morgan fingerprint density at radius 2 is 2.31 bits per heavy atom. The van der Waals surface area contributed by atoms with E-state index in [2.05, 4.69) is 11.8 Å². The lowest BCUT2D eigenvalue weighted by Crippen LogP contribution is -1.86. The SMILES string of the molecule is Nc1ccc(Cl)c(C#CCC=O)c1. The number of hydrogen-bond donors (Lipinski definition) is 1. The van der Waals surface area contributed by atoms with Gasteiger partial charge in [-0.1, -0.05) is 23.4 Å². The summed E-state index contributed by atoms with van der Waals surface area (Å²) in [5.41, 5.74) is 6.80. The molecule has 1 rings (SSSR count). The number of carbonyl (C=O) groups excluding carboxylic acids is 1. The molecule has 13 heavy (non-hydrogen) atoms. The molecular formula is C10H8ClNO. The summed E-state index contributed by atoms with van der Waals surface area (Å²) in [6.07, 6.45) is 0.957. The van der Waals surface area contributed by atoms with Crippen LogP contribution >= 0.6 is 11.6 Å².